The van der Waals surface area contributed by atoms with Crippen molar-refractivity contribution in [3.63, 3.8) is 0 Å². The molecule has 1 aromatic rings. The maximum absolute atomic E-state index is 11.2. The number of carboxylic acids is 1. The summed E-state index contributed by atoms with van der Waals surface area (Å²) in [6.45, 7) is 1.94. The van der Waals surface area contributed by atoms with Crippen LogP contribution in [0.1, 0.15) is 60.6 Å². The van der Waals surface area contributed by atoms with Crippen LogP contribution in [0.15, 0.2) is 0 Å². The molecular weight excluding hydrogens is 256 g/mol. The molecule has 1 saturated heterocycles. The van der Waals surface area contributed by atoms with Gasteiger partial charge in [-0.25, -0.2) is 9.48 Å². The number of nitrogens with zero attached hydrogens (tertiary/aromatic N) is 4. The summed E-state index contributed by atoms with van der Waals surface area (Å²) in [5.41, 5.74) is 1.00. The minimum atomic E-state index is -0.951. The molecule has 1 aliphatic heterocycles. The summed E-state index contributed by atoms with van der Waals surface area (Å²) in [4.78, 5) is 13.6. The summed E-state index contributed by atoms with van der Waals surface area (Å²) >= 11 is 0. The Morgan fingerprint density at radius 1 is 1.35 bits per heavy atom. The molecule has 6 heteroatoms. The summed E-state index contributed by atoms with van der Waals surface area (Å²) in [5.74, 6) is -0.590. The van der Waals surface area contributed by atoms with Crippen molar-refractivity contribution >= 4 is 5.97 Å². The third kappa shape index (κ3) is 2.70. The molecule has 0 aromatic carbocycles. The van der Waals surface area contributed by atoms with E-state index in [2.05, 4.69) is 22.3 Å². The van der Waals surface area contributed by atoms with Gasteiger partial charge in [-0.1, -0.05) is 11.6 Å². The number of hydrogen-bond acceptors (Lipinski definition) is 4. The largest absolute Gasteiger partial charge is 0.476 e. The van der Waals surface area contributed by atoms with Gasteiger partial charge in [0.25, 0.3) is 0 Å². The van der Waals surface area contributed by atoms with Crippen LogP contribution in [0.2, 0.25) is 0 Å². The normalized spacial score (nSPS) is 23.9. The van der Waals surface area contributed by atoms with Gasteiger partial charge >= 0.3 is 5.97 Å². The third-order valence-corrected chi connectivity index (χ3v) is 4.54. The summed E-state index contributed by atoms with van der Waals surface area (Å²) in [6.07, 6.45) is 6.97. The van der Waals surface area contributed by atoms with Crippen molar-refractivity contribution in [1.82, 2.24) is 19.9 Å². The highest BCUT2D eigenvalue weighted by molar-refractivity contribution is 5.86. The Balaban J connectivity index is 1.69. The first-order valence-corrected chi connectivity index (χ1v) is 7.53. The average Bonchev–Trinajstić information content (AvgIpc) is 3.17. The molecule has 110 valence electrons. The van der Waals surface area contributed by atoms with Crippen LogP contribution in [-0.2, 0) is 6.54 Å². The predicted molar refractivity (Wildman–Crippen MR) is 73.8 cm³/mol. The van der Waals surface area contributed by atoms with Gasteiger partial charge in [-0.3, -0.25) is 0 Å². The summed E-state index contributed by atoms with van der Waals surface area (Å²) in [5, 5.41) is 17.1. The van der Waals surface area contributed by atoms with E-state index in [-0.39, 0.29) is 5.69 Å². The smallest absolute Gasteiger partial charge is 0.358 e. The van der Waals surface area contributed by atoms with Crippen molar-refractivity contribution in [2.75, 3.05) is 13.6 Å². The van der Waals surface area contributed by atoms with Gasteiger partial charge < -0.3 is 10.0 Å². The van der Waals surface area contributed by atoms with Crippen LogP contribution in [0.5, 0.6) is 0 Å². The highest BCUT2D eigenvalue weighted by Gasteiger charge is 2.33. The number of carboxylic acid groups (broad SMARTS) is 1. The Hall–Kier alpha value is -1.43. The number of rotatable bonds is 5. The van der Waals surface area contributed by atoms with Crippen LogP contribution in [0.25, 0.3) is 0 Å². The van der Waals surface area contributed by atoms with E-state index in [0.717, 1.165) is 38.0 Å². The van der Waals surface area contributed by atoms with E-state index >= 15 is 0 Å². The second-order valence-corrected chi connectivity index (χ2v) is 6.04. The predicted octanol–water partition coefficient (Wildman–Crippen LogP) is 1.73. The van der Waals surface area contributed by atoms with E-state index in [1.807, 2.05) is 4.68 Å². The Morgan fingerprint density at radius 3 is 2.80 bits per heavy atom. The maximum Gasteiger partial charge on any atom is 0.358 e. The third-order valence-electron chi connectivity index (χ3n) is 4.54. The number of carbonyl (C=O) groups is 1. The SMILES string of the molecule is CN1CCCCC1CCn1nnc(C(=O)O)c1C1CC1. The van der Waals surface area contributed by atoms with Crippen LogP contribution in [0.4, 0.5) is 0 Å². The molecule has 1 N–H and O–H groups in total. The summed E-state index contributed by atoms with van der Waals surface area (Å²) in [6, 6.07) is 0.591. The molecule has 1 unspecified atom stereocenters. The molecule has 1 aromatic heterocycles. The minimum Gasteiger partial charge on any atom is -0.476 e. The molecule has 0 bridgehead atoms. The van der Waals surface area contributed by atoms with E-state index in [9.17, 15) is 9.90 Å². The average molecular weight is 278 g/mol. The molecule has 6 nitrogen and oxygen atoms in total. The molecule has 1 atom stereocenters. The Morgan fingerprint density at radius 2 is 2.15 bits per heavy atom. The van der Waals surface area contributed by atoms with Gasteiger partial charge in [-0.15, -0.1) is 5.10 Å². The molecule has 3 rings (SSSR count). The van der Waals surface area contributed by atoms with Gasteiger partial charge in [-0.2, -0.15) is 0 Å². The monoisotopic (exact) mass is 278 g/mol. The van der Waals surface area contributed by atoms with Crippen LogP contribution >= 0.6 is 0 Å². The van der Waals surface area contributed by atoms with E-state index in [1.165, 1.54) is 19.3 Å². The lowest BCUT2D eigenvalue weighted by molar-refractivity contribution is 0.0689. The first-order chi connectivity index (χ1) is 9.66. The standard InChI is InChI=1S/C14H22N4O2/c1-17-8-3-2-4-11(17)7-9-18-13(10-5-6-10)12(14(19)20)15-16-18/h10-11H,2-9H2,1H3,(H,19,20). The molecule has 0 amide bonds. The van der Waals surface area contributed by atoms with Crippen LogP contribution in [0.3, 0.4) is 0 Å². The Labute approximate surface area is 118 Å². The first-order valence-electron chi connectivity index (χ1n) is 7.53. The van der Waals surface area contributed by atoms with Gasteiger partial charge in [0.2, 0.25) is 0 Å². The second-order valence-electron chi connectivity index (χ2n) is 6.04. The van der Waals surface area contributed by atoms with Gasteiger partial charge in [0.1, 0.15) is 0 Å². The molecule has 2 fully saturated rings. The van der Waals surface area contributed by atoms with Crippen molar-refractivity contribution in [3.05, 3.63) is 11.4 Å². The topological polar surface area (TPSA) is 71.2 Å². The lowest BCUT2D eigenvalue weighted by Gasteiger charge is -2.32. The molecule has 1 aliphatic carbocycles. The molecule has 1 saturated carbocycles. The zero-order chi connectivity index (χ0) is 14.1. The van der Waals surface area contributed by atoms with Crippen LogP contribution in [-0.4, -0.2) is 50.6 Å². The zero-order valence-electron chi connectivity index (χ0n) is 12.0. The van der Waals surface area contributed by atoms with E-state index in [0.29, 0.717) is 12.0 Å². The number of aromatic nitrogens is 3. The zero-order valence-corrected chi connectivity index (χ0v) is 12.0. The maximum atomic E-state index is 11.2. The van der Waals surface area contributed by atoms with E-state index in [4.69, 9.17) is 0 Å². The van der Waals surface area contributed by atoms with Crippen molar-refractivity contribution in [1.29, 1.82) is 0 Å². The van der Waals surface area contributed by atoms with Gasteiger partial charge in [0, 0.05) is 18.5 Å². The highest BCUT2D eigenvalue weighted by atomic mass is 16.4. The van der Waals surface area contributed by atoms with Crippen LogP contribution in [0, 0.1) is 0 Å². The van der Waals surface area contributed by atoms with Crippen molar-refractivity contribution in [2.45, 2.75) is 57.0 Å². The Kier molecular flexibility index (Phi) is 3.74. The molecule has 0 spiro atoms. The highest BCUT2D eigenvalue weighted by Crippen LogP contribution is 2.41. The fraction of sp³-hybridized carbons (Fsp3) is 0.786. The lowest BCUT2D eigenvalue weighted by Crippen LogP contribution is -2.37. The van der Waals surface area contributed by atoms with Gasteiger partial charge in [0.15, 0.2) is 5.69 Å². The Bertz CT molecular complexity index is 495. The lowest BCUT2D eigenvalue weighted by atomic mass is 10.00. The first kappa shape index (κ1) is 13.5. The van der Waals surface area contributed by atoms with E-state index < -0.39 is 5.97 Å². The number of aromatic carboxylic acids is 1. The number of hydrogen-bond donors (Lipinski definition) is 1. The number of aryl methyl sites for hydroxylation is 1. The van der Waals surface area contributed by atoms with E-state index in [1.54, 1.807) is 0 Å². The molecule has 2 heterocycles. The molecule has 0 radical (unpaired) electrons. The van der Waals surface area contributed by atoms with Gasteiger partial charge in [-0.05, 0) is 45.7 Å². The van der Waals surface area contributed by atoms with Crippen LogP contribution < -0.4 is 0 Å². The number of piperidine rings is 1. The fourth-order valence-electron chi connectivity index (χ4n) is 3.18. The second kappa shape index (κ2) is 5.52. The molecular formula is C14H22N4O2. The summed E-state index contributed by atoms with van der Waals surface area (Å²) < 4.78 is 1.84. The van der Waals surface area contributed by atoms with Crippen molar-refractivity contribution < 1.29 is 9.90 Å². The quantitative estimate of drug-likeness (QED) is 0.888. The van der Waals surface area contributed by atoms with Crippen molar-refractivity contribution in [2.24, 2.45) is 0 Å². The molecule has 20 heavy (non-hydrogen) atoms. The summed E-state index contributed by atoms with van der Waals surface area (Å²) in [7, 11) is 2.18. The fourth-order valence-corrected chi connectivity index (χ4v) is 3.18. The molecule has 2 aliphatic rings. The van der Waals surface area contributed by atoms with Crippen molar-refractivity contribution in [3.8, 4) is 0 Å². The minimum absolute atomic E-state index is 0.157. The number of likely N-dealkylation sites (tertiary alicyclic amines) is 1. The van der Waals surface area contributed by atoms with Gasteiger partial charge in [0.05, 0.1) is 5.69 Å².